The fourth-order valence-corrected chi connectivity index (χ4v) is 5.78. The maximum absolute atomic E-state index is 13.3. The molecule has 0 aliphatic carbocycles. The maximum Gasteiger partial charge on any atom is 0.255 e. The molecule has 1 aliphatic rings. The first kappa shape index (κ1) is 24.9. The Bertz CT molecular complexity index is 1320. The summed E-state index contributed by atoms with van der Waals surface area (Å²) in [6, 6.07) is 18.2. The lowest BCUT2D eigenvalue weighted by Crippen LogP contribution is -2.48. The summed E-state index contributed by atoms with van der Waals surface area (Å²) in [5, 5.41) is 2.98. The number of hydrogen-bond acceptors (Lipinski definition) is 4. The van der Waals surface area contributed by atoms with Crippen molar-refractivity contribution in [3.8, 4) is 0 Å². The topological polar surface area (TPSA) is 69.7 Å². The minimum Gasteiger partial charge on any atom is -0.369 e. The van der Waals surface area contributed by atoms with Gasteiger partial charge in [-0.3, -0.25) is 4.79 Å². The van der Waals surface area contributed by atoms with Gasteiger partial charge in [-0.05, 0) is 66.4 Å². The fourth-order valence-electron chi connectivity index (χ4n) is 4.31. The number of hydrogen-bond donors (Lipinski definition) is 1. The van der Waals surface area contributed by atoms with Crippen molar-refractivity contribution in [3.05, 3.63) is 89.2 Å². The molecule has 184 valence electrons. The molecule has 1 saturated heterocycles. The predicted octanol–water partition coefficient (Wildman–Crippen LogP) is 5.02. The van der Waals surface area contributed by atoms with Crippen molar-refractivity contribution >= 4 is 27.3 Å². The summed E-state index contributed by atoms with van der Waals surface area (Å²) in [4.78, 5) is 15.2. The molecule has 0 spiro atoms. The lowest BCUT2D eigenvalue weighted by atomic mass is 9.98. The van der Waals surface area contributed by atoms with Crippen LogP contribution in [0.1, 0.15) is 41.3 Å². The number of anilines is 2. The monoisotopic (exact) mass is 495 g/mol. The summed E-state index contributed by atoms with van der Waals surface area (Å²) in [6.45, 7) is 7.66. The molecule has 0 aromatic heterocycles. The van der Waals surface area contributed by atoms with Gasteiger partial charge in [0.05, 0.1) is 4.90 Å². The number of carbonyl (C=O) groups is 1. The van der Waals surface area contributed by atoms with Crippen LogP contribution in [0.25, 0.3) is 0 Å². The van der Waals surface area contributed by atoms with Gasteiger partial charge in [-0.25, -0.2) is 12.8 Å². The zero-order valence-electron chi connectivity index (χ0n) is 20.2. The van der Waals surface area contributed by atoms with E-state index in [1.807, 2.05) is 30.0 Å². The Morgan fingerprint density at radius 1 is 0.943 bits per heavy atom. The van der Waals surface area contributed by atoms with Gasteiger partial charge in [-0.2, -0.15) is 4.31 Å². The number of benzene rings is 3. The fraction of sp³-hybridized carbons (Fsp3) is 0.296. The molecule has 6 nitrogen and oxygen atoms in total. The Hall–Kier alpha value is -3.23. The molecule has 0 radical (unpaired) electrons. The van der Waals surface area contributed by atoms with Crippen LogP contribution in [0.5, 0.6) is 0 Å². The molecule has 0 bridgehead atoms. The van der Waals surface area contributed by atoms with Gasteiger partial charge in [0.2, 0.25) is 10.0 Å². The van der Waals surface area contributed by atoms with Crippen LogP contribution in [0.3, 0.4) is 0 Å². The van der Waals surface area contributed by atoms with Gasteiger partial charge in [-0.15, -0.1) is 0 Å². The van der Waals surface area contributed by atoms with Crippen molar-refractivity contribution < 1.29 is 17.6 Å². The molecule has 3 aromatic rings. The highest BCUT2D eigenvalue weighted by molar-refractivity contribution is 7.89. The molecule has 1 fully saturated rings. The van der Waals surface area contributed by atoms with E-state index in [0.717, 1.165) is 22.5 Å². The van der Waals surface area contributed by atoms with E-state index in [0.29, 0.717) is 26.2 Å². The van der Waals surface area contributed by atoms with E-state index in [1.165, 1.54) is 28.6 Å². The quantitative estimate of drug-likeness (QED) is 0.521. The van der Waals surface area contributed by atoms with E-state index >= 15 is 0 Å². The third-order valence-corrected chi connectivity index (χ3v) is 8.22. The molecule has 0 saturated carbocycles. The lowest BCUT2D eigenvalue weighted by molar-refractivity contribution is 0.102. The van der Waals surface area contributed by atoms with Gasteiger partial charge in [0.15, 0.2) is 0 Å². The molecule has 1 N–H and O–H groups in total. The summed E-state index contributed by atoms with van der Waals surface area (Å²) in [7, 11) is -3.77. The van der Waals surface area contributed by atoms with Crippen molar-refractivity contribution in [1.29, 1.82) is 0 Å². The van der Waals surface area contributed by atoms with Gasteiger partial charge in [-0.1, -0.05) is 38.1 Å². The molecule has 1 aliphatic heterocycles. The first-order chi connectivity index (χ1) is 16.7. The molecule has 0 unspecified atom stereocenters. The van der Waals surface area contributed by atoms with E-state index in [-0.39, 0.29) is 28.1 Å². The number of carbonyl (C=O) groups excluding carboxylic acids is 1. The maximum atomic E-state index is 13.3. The second kappa shape index (κ2) is 10.2. The SMILES string of the molecule is Cc1cccc(C(C)C)c1NC(=O)c1cccc(S(=O)(=O)N2CCN(c3ccc(F)cc3)CC2)c1. The van der Waals surface area contributed by atoms with Gasteiger partial charge in [0.1, 0.15) is 5.82 Å². The summed E-state index contributed by atoms with van der Waals surface area (Å²) < 4.78 is 41.3. The van der Waals surface area contributed by atoms with Crippen LogP contribution in [0.4, 0.5) is 15.8 Å². The second-order valence-corrected chi connectivity index (χ2v) is 11.0. The number of amides is 1. The average Bonchev–Trinajstić information content (AvgIpc) is 2.85. The van der Waals surface area contributed by atoms with Gasteiger partial charge < -0.3 is 10.2 Å². The van der Waals surface area contributed by atoms with E-state index in [1.54, 1.807) is 24.3 Å². The highest BCUT2D eigenvalue weighted by atomic mass is 32.2. The molecule has 35 heavy (non-hydrogen) atoms. The Morgan fingerprint density at radius 3 is 2.26 bits per heavy atom. The van der Waals surface area contributed by atoms with E-state index in [2.05, 4.69) is 19.2 Å². The van der Waals surface area contributed by atoms with Crippen LogP contribution in [0, 0.1) is 12.7 Å². The number of nitrogens with one attached hydrogen (secondary N) is 1. The summed E-state index contributed by atoms with van der Waals surface area (Å²) >= 11 is 0. The van der Waals surface area contributed by atoms with Crippen molar-refractivity contribution in [1.82, 2.24) is 4.31 Å². The zero-order valence-corrected chi connectivity index (χ0v) is 21.0. The minimum absolute atomic E-state index is 0.0919. The second-order valence-electron chi connectivity index (χ2n) is 9.04. The van der Waals surface area contributed by atoms with Crippen LogP contribution < -0.4 is 10.2 Å². The van der Waals surface area contributed by atoms with Crippen molar-refractivity contribution in [3.63, 3.8) is 0 Å². The third kappa shape index (κ3) is 5.39. The first-order valence-corrected chi connectivity index (χ1v) is 13.1. The molecule has 4 rings (SSSR count). The van der Waals surface area contributed by atoms with Crippen LogP contribution in [-0.2, 0) is 10.0 Å². The molecular formula is C27H30FN3O3S. The molecular weight excluding hydrogens is 465 g/mol. The zero-order chi connectivity index (χ0) is 25.2. The molecule has 1 amide bonds. The van der Waals surface area contributed by atoms with Crippen LogP contribution >= 0.6 is 0 Å². The highest BCUT2D eigenvalue weighted by Gasteiger charge is 2.29. The Morgan fingerprint density at radius 2 is 1.60 bits per heavy atom. The molecule has 8 heteroatoms. The number of nitrogens with zero attached hydrogens (tertiary/aromatic N) is 2. The molecule has 3 aromatic carbocycles. The smallest absolute Gasteiger partial charge is 0.255 e. The summed E-state index contributed by atoms with van der Waals surface area (Å²) in [5.74, 6) is -0.424. The number of halogens is 1. The molecule has 0 atom stereocenters. The van der Waals surface area contributed by atoms with Crippen LogP contribution in [-0.4, -0.2) is 44.8 Å². The minimum atomic E-state index is -3.77. The largest absolute Gasteiger partial charge is 0.369 e. The number of aryl methyl sites for hydroxylation is 1. The summed E-state index contributed by atoms with van der Waals surface area (Å²) in [5.41, 5.74) is 3.89. The van der Waals surface area contributed by atoms with E-state index in [9.17, 15) is 17.6 Å². The first-order valence-electron chi connectivity index (χ1n) is 11.7. The highest BCUT2D eigenvalue weighted by Crippen LogP contribution is 2.28. The van der Waals surface area contributed by atoms with Gasteiger partial charge in [0.25, 0.3) is 5.91 Å². The standard InChI is InChI=1S/C27H30FN3O3S/c1-19(2)25-9-4-6-20(3)26(25)29-27(32)21-7-5-8-24(18-21)35(33,34)31-16-14-30(15-17-31)23-12-10-22(28)11-13-23/h4-13,18-19H,14-17H2,1-3H3,(H,29,32). The predicted molar refractivity (Wildman–Crippen MR) is 137 cm³/mol. The van der Waals surface area contributed by atoms with E-state index in [4.69, 9.17) is 0 Å². The Labute approximate surface area is 206 Å². The summed E-state index contributed by atoms with van der Waals surface area (Å²) in [6.07, 6.45) is 0. The van der Waals surface area contributed by atoms with Crippen LogP contribution in [0.2, 0.25) is 0 Å². The number of para-hydroxylation sites is 1. The number of rotatable bonds is 6. The Balaban J connectivity index is 1.49. The van der Waals surface area contributed by atoms with Crippen molar-refractivity contribution in [2.24, 2.45) is 0 Å². The lowest BCUT2D eigenvalue weighted by Gasteiger charge is -2.35. The molecule has 1 heterocycles. The Kier molecular flexibility index (Phi) is 7.23. The van der Waals surface area contributed by atoms with Crippen LogP contribution in [0.15, 0.2) is 71.6 Å². The van der Waals surface area contributed by atoms with E-state index < -0.39 is 10.0 Å². The van der Waals surface area contributed by atoms with Gasteiger partial charge >= 0.3 is 0 Å². The van der Waals surface area contributed by atoms with Crippen molar-refractivity contribution in [2.45, 2.75) is 31.6 Å². The third-order valence-electron chi connectivity index (χ3n) is 6.33. The van der Waals surface area contributed by atoms with Gasteiger partial charge in [0, 0.05) is 43.1 Å². The average molecular weight is 496 g/mol. The van der Waals surface area contributed by atoms with Crippen molar-refractivity contribution in [2.75, 3.05) is 36.4 Å². The number of sulfonamides is 1. The number of piperazine rings is 1. The normalized spacial score (nSPS) is 14.8.